The summed E-state index contributed by atoms with van der Waals surface area (Å²) in [7, 11) is 0. The molecule has 0 saturated heterocycles. The zero-order valence-corrected chi connectivity index (χ0v) is 16.8. The molecule has 2 nitrogen and oxygen atoms in total. The summed E-state index contributed by atoms with van der Waals surface area (Å²) < 4.78 is 66.9. The van der Waals surface area contributed by atoms with Crippen LogP contribution in [0.25, 0.3) is 11.1 Å². The molecule has 0 aromatic heterocycles. The lowest BCUT2D eigenvalue weighted by atomic mass is 10.0. The molecule has 30 heavy (non-hydrogen) atoms. The first-order chi connectivity index (χ1) is 14.4. The minimum absolute atomic E-state index is 0.000745. The Morgan fingerprint density at radius 3 is 2.03 bits per heavy atom. The van der Waals surface area contributed by atoms with Crippen LogP contribution in [0.4, 0.5) is 17.6 Å². The van der Waals surface area contributed by atoms with Gasteiger partial charge in [-0.1, -0.05) is 43.7 Å². The van der Waals surface area contributed by atoms with Crippen molar-refractivity contribution >= 4 is 0 Å². The molecule has 6 heteroatoms. The third-order valence-electron chi connectivity index (χ3n) is 4.70. The van der Waals surface area contributed by atoms with Gasteiger partial charge in [-0.2, -0.15) is 8.78 Å². The third kappa shape index (κ3) is 4.75. The monoisotopic (exact) mass is 418 g/mol. The van der Waals surface area contributed by atoms with E-state index in [4.69, 9.17) is 9.47 Å². The number of ether oxygens (including phenoxy) is 2. The molecule has 0 N–H and O–H groups in total. The van der Waals surface area contributed by atoms with Crippen LogP contribution in [0.3, 0.4) is 0 Å². The topological polar surface area (TPSA) is 18.5 Å². The van der Waals surface area contributed by atoms with Crippen molar-refractivity contribution in [1.82, 2.24) is 0 Å². The summed E-state index contributed by atoms with van der Waals surface area (Å²) in [5.41, 5.74) is 1.44. The van der Waals surface area contributed by atoms with Gasteiger partial charge in [0.1, 0.15) is 6.61 Å². The first-order valence-electron chi connectivity index (χ1n) is 9.69. The van der Waals surface area contributed by atoms with E-state index in [1.807, 2.05) is 6.92 Å². The van der Waals surface area contributed by atoms with Crippen molar-refractivity contribution in [3.8, 4) is 22.6 Å². The average molecular weight is 418 g/mol. The van der Waals surface area contributed by atoms with E-state index in [-0.39, 0.29) is 29.2 Å². The van der Waals surface area contributed by atoms with Crippen molar-refractivity contribution in [2.24, 2.45) is 0 Å². The lowest BCUT2D eigenvalue weighted by molar-refractivity contribution is 0.284. The van der Waals surface area contributed by atoms with Gasteiger partial charge in [-0.05, 0) is 48.2 Å². The molecule has 0 fully saturated rings. The highest BCUT2D eigenvalue weighted by atomic mass is 19.2. The van der Waals surface area contributed by atoms with Gasteiger partial charge in [0.15, 0.2) is 23.1 Å². The van der Waals surface area contributed by atoms with Crippen molar-refractivity contribution in [2.45, 2.75) is 33.3 Å². The second-order valence-electron chi connectivity index (χ2n) is 6.94. The maximum Gasteiger partial charge on any atom is 0.201 e. The fourth-order valence-electron chi connectivity index (χ4n) is 2.87. The molecule has 3 rings (SSSR count). The lowest BCUT2D eigenvalue weighted by Crippen LogP contribution is -2.01. The first kappa shape index (κ1) is 21.7. The summed E-state index contributed by atoms with van der Waals surface area (Å²) in [5.74, 6) is -4.28. The molecular formula is C24H22F4O2. The van der Waals surface area contributed by atoms with Crippen molar-refractivity contribution in [3.05, 3.63) is 82.9 Å². The smallest absolute Gasteiger partial charge is 0.201 e. The van der Waals surface area contributed by atoms with Crippen LogP contribution in [0, 0.1) is 30.2 Å². The minimum atomic E-state index is -1.04. The summed E-state index contributed by atoms with van der Waals surface area (Å²) in [6.45, 7) is 3.77. The van der Waals surface area contributed by atoms with Gasteiger partial charge in [0, 0.05) is 5.56 Å². The molecule has 0 atom stereocenters. The van der Waals surface area contributed by atoms with Gasteiger partial charge in [0.2, 0.25) is 11.6 Å². The Hall–Kier alpha value is -3.02. The Morgan fingerprint density at radius 1 is 0.700 bits per heavy atom. The van der Waals surface area contributed by atoms with E-state index in [1.54, 1.807) is 24.3 Å². The maximum absolute atomic E-state index is 14.5. The van der Waals surface area contributed by atoms with Crippen LogP contribution in [0.1, 0.15) is 30.9 Å². The SMILES string of the molecule is CCCCOc1ccc(-c2ccc(COc3ccc(C)c(F)c3F)cc2)c(F)c1F. The van der Waals surface area contributed by atoms with E-state index < -0.39 is 23.3 Å². The van der Waals surface area contributed by atoms with Crippen molar-refractivity contribution in [2.75, 3.05) is 6.61 Å². The zero-order valence-electron chi connectivity index (χ0n) is 16.8. The normalized spacial score (nSPS) is 10.9. The highest BCUT2D eigenvalue weighted by molar-refractivity contribution is 5.65. The fourth-order valence-corrected chi connectivity index (χ4v) is 2.87. The van der Waals surface area contributed by atoms with Gasteiger partial charge in [-0.25, -0.2) is 8.78 Å². The Kier molecular flexibility index (Phi) is 6.98. The van der Waals surface area contributed by atoms with Crippen LogP contribution in [0.5, 0.6) is 11.5 Å². The summed E-state index contributed by atoms with van der Waals surface area (Å²) in [4.78, 5) is 0. The molecular weight excluding hydrogens is 396 g/mol. The van der Waals surface area contributed by atoms with E-state index in [1.165, 1.54) is 31.2 Å². The van der Waals surface area contributed by atoms with Crippen LogP contribution in [-0.2, 0) is 6.61 Å². The maximum atomic E-state index is 14.5. The van der Waals surface area contributed by atoms with E-state index in [9.17, 15) is 17.6 Å². The van der Waals surface area contributed by atoms with Crippen LogP contribution >= 0.6 is 0 Å². The van der Waals surface area contributed by atoms with Crippen molar-refractivity contribution in [3.63, 3.8) is 0 Å². The van der Waals surface area contributed by atoms with Gasteiger partial charge in [0.25, 0.3) is 0 Å². The predicted molar refractivity (Wildman–Crippen MR) is 108 cm³/mol. The molecule has 0 aliphatic carbocycles. The van der Waals surface area contributed by atoms with Gasteiger partial charge >= 0.3 is 0 Å². The number of benzene rings is 3. The Labute approximate surface area is 173 Å². The summed E-state index contributed by atoms with van der Waals surface area (Å²) >= 11 is 0. The molecule has 0 radical (unpaired) electrons. The minimum Gasteiger partial charge on any atom is -0.490 e. The second kappa shape index (κ2) is 9.65. The van der Waals surface area contributed by atoms with E-state index in [0.29, 0.717) is 17.7 Å². The van der Waals surface area contributed by atoms with Gasteiger partial charge in [-0.15, -0.1) is 0 Å². The zero-order chi connectivity index (χ0) is 21.7. The number of hydrogen-bond donors (Lipinski definition) is 0. The standard InChI is InChI=1S/C24H22F4O2/c1-3-4-13-29-19-12-10-18(22(26)24(19)28)17-8-6-16(7-9-17)14-30-20-11-5-15(2)21(25)23(20)27/h5-12H,3-4,13-14H2,1-2H3. The van der Waals surface area contributed by atoms with E-state index >= 15 is 0 Å². The average Bonchev–Trinajstić information content (AvgIpc) is 2.75. The molecule has 3 aromatic rings. The summed E-state index contributed by atoms with van der Waals surface area (Å²) in [6, 6.07) is 12.2. The number of halogens is 4. The lowest BCUT2D eigenvalue weighted by Gasteiger charge is -2.11. The highest BCUT2D eigenvalue weighted by Gasteiger charge is 2.16. The summed E-state index contributed by atoms with van der Waals surface area (Å²) in [6.07, 6.45) is 1.65. The molecule has 0 saturated carbocycles. The molecule has 0 heterocycles. The number of hydrogen-bond acceptors (Lipinski definition) is 2. The van der Waals surface area contributed by atoms with Crippen LogP contribution in [-0.4, -0.2) is 6.61 Å². The van der Waals surface area contributed by atoms with Crippen molar-refractivity contribution < 1.29 is 27.0 Å². The van der Waals surface area contributed by atoms with E-state index in [0.717, 1.165) is 12.8 Å². The Bertz CT molecular complexity index is 1020. The molecule has 0 spiro atoms. The Morgan fingerprint density at radius 2 is 1.33 bits per heavy atom. The third-order valence-corrected chi connectivity index (χ3v) is 4.70. The van der Waals surface area contributed by atoms with E-state index in [2.05, 4.69) is 0 Å². The molecule has 0 aliphatic heterocycles. The first-order valence-corrected chi connectivity index (χ1v) is 9.69. The Balaban J connectivity index is 1.71. The molecule has 0 amide bonds. The van der Waals surface area contributed by atoms with Gasteiger partial charge in [-0.3, -0.25) is 0 Å². The number of rotatable bonds is 8. The highest BCUT2D eigenvalue weighted by Crippen LogP contribution is 2.30. The van der Waals surface area contributed by atoms with Crippen LogP contribution < -0.4 is 9.47 Å². The van der Waals surface area contributed by atoms with Crippen molar-refractivity contribution in [1.29, 1.82) is 0 Å². The molecule has 0 bridgehead atoms. The largest absolute Gasteiger partial charge is 0.490 e. The molecule has 3 aromatic carbocycles. The predicted octanol–water partition coefficient (Wildman–Crippen LogP) is 6.98. The molecule has 0 aliphatic rings. The van der Waals surface area contributed by atoms with Crippen LogP contribution in [0.2, 0.25) is 0 Å². The molecule has 0 unspecified atom stereocenters. The summed E-state index contributed by atoms with van der Waals surface area (Å²) in [5, 5.41) is 0. The van der Waals surface area contributed by atoms with Gasteiger partial charge in [0.05, 0.1) is 6.61 Å². The molecule has 158 valence electrons. The second-order valence-corrected chi connectivity index (χ2v) is 6.94. The number of unbranched alkanes of at least 4 members (excludes halogenated alkanes) is 1. The van der Waals surface area contributed by atoms with Gasteiger partial charge < -0.3 is 9.47 Å². The fraction of sp³-hybridized carbons (Fsp3) is 0.250. The number of aryl methyl sites for hydroxylation is 1. The van der Waals surface area contributed by atoms with Crippen LogP contribution in [0.15, 0.2) is 48.5 Å². The quantitative estimate of drug-likeness (QED) is 0.290.